The van der Waals surface area contributed by atoms with Crippen LogP contribution < -0.4 is 5.73 Å². The van der Waals surface area contributed by atoms with Crippen LogP contribution in [0.4, 0.5) is 13.2 Å². The second-order valence-electron chi connectivity index (χ2n) is 6.59. The van der Waals surface area contributed by atoms with E-state index in [1.54, 1.807) is 0 Å². The Morgan fingerprint density at radius 2 is 2.00 bits per heavy atom. The predicted molar refractivity (Wildman–Crippen MR) is 66.7 cm³/mol. The number of nitrogens with two attached hydrogens (primary N) is 1. The molecule has 1 aliphatic carbocycles. The molecule has 3 atom stereocenters. The number of hydrogen-bond donors (Lipinski definition) is 1. The molecule has 6 heteroatoms. The van der Waals surface area contributed by atoms with Crippen molar-refractivity contribution in [2.24, 2.45) is 17.1 Å². The number of rotatable bonds is 3. The van der Waals surface area contributed by atoms with Crippen molar-refractivity contribution in [3.05, 3.63) is 0 Å². The smallest absolute Gasteiger partial charge is 0.377 e. The van der Waals surface area contributed by atoms with Gasteiger partial charge in [0.15, 0.2) is 0 Å². The highest BCUT2D eigenvalue weighted by atomic mass is 19.4. The zero-order chi connectivity index (χ0) is 14.5. The number of hydrogen-bond acceptors (Lipinski definition) is 3. The molecule has 0 aromatic carbocycles. The minimum atomic E-state index is -4.18. The van der Waals surface area contributed by atoms with Crippen molar-refractivity contribution in [2.45, 2.75) is 44.5 Å². The lowest BCUT2D eigenvalue weighted by Crippen LogP contribution is -2.80. The van der Waals surface area contributed by atoms with E-state index >= 15 is 0 Å². The standard InChI is InChI=1S/C13H23F3N2O/c1-11(2)10-9(5-4-6-19-10)12(11,17)7-18(3)8-13(14,15)16/h9-10H,4-8,17H2,1-3H3. The second kappa shape index (κ2) is 4.60. The van der Waals surface area contributed by atoms with E-state index in [-0.39, 0.29) is 24.0 Å². The van der Waals surface area contributed by atoms with Crippen LogP contribution >= 0.6 is 0 Å². The molecule has 0 radical (unpaired) electrons. The number of nitrogens with zero attached hydrogens (tertiary/aromatic N) is 1. The van der Waals surface area contributed by atoms with E-state index < -0.39 is 18.3 Å². The highest BCUT2D eigenvalue weighted by molar-refractivity contribution is 5.20. The van der Waals surface area contributed by atoms with Gasteiger partial charge in [0.25, 0.3) is 0 Å². The number of halogens is 3. The van der Waals surface area contributed by atoms with Crippen LogP contribution in [0.3, 0.4) is 0 Å². The zero-order valence-electron chi connectivity index (χ0n) is 11.8. The van der Waals surface area contributed by atoms with Crippen molar-refractivity contribution in [2.75, 3.05) is 26.7 Å². The summed E-state index contributed by atoms with van der Waals surface area (Å²) in [6.07, 6.45) is -2.20. The maximum atomic E-state index is 12.4. The first-order valence-corrected chi connectivity index (χ1v) is 6.74. The molecule has 2 N–H and O–H groups in total. The lowest BCUT2D eigenvalue weighted by Gasteiger charge is -2.67. The fraction of sp³-hybridized carbons (Fsp3) is 1.00. The molecule has 0 aromatic heterocycles. The van der Waals surface area contributed by atoms with Crippen molar-refractivity contribution in [3.8, 4) is 0 Å². The third-order valence-corrected chi connectivity index (χ3v) is 4.88. The molecular weight excluding hydrogens is 257 g/mol. The van der Waals surface area contributed by atoms with Gasteiger partial charge in [-0.3, -0.25) is 4.90 Å². The minimum Gasteiger partial charge on any atom is -0.377 e. The molecule has 2 rings (SSSR count). The summed E-state index contributed by atoms with van der Waals surface area (Å²) in [4.78, 5) is 1.28. The van der Waals surface area contributed by atoms with E-state index in [9.17, 15) is 13.2 Å². The lowest BCUT2D eigenvalue weighted by atomic mass is 9.46. The molecule has 2 aliphatic rings. The molecule has 1 saturated heterocycles. The van der Waals surface area contributed by atoms with Gasteiger partial charge < -0.3 is 10.5 Å². The van der Waals surface area contributed by atoms with Crippen molar-refractivity contribution in [3.63, 3.8) is 0 Å². The summed E-state index contributed by atoms with van der Waals surface area (Å²) in [5.41, 5.74) is 5.59. The summed E-state index contributed by atoms with van der Waals surface area (Å²) < 4.78 is 43.0. The summed E-state index contributed by atoms with van der Waals surface area (Å²) >= 11 is 0. The minimum absolute atomic E-state index is 0.0885. The highest BCUT2D eigenvalue weighted by Crippen LogP contribution is 2.57. The van der Waals surface area contributed by atoms with Crippen LogP contribution in [0.1, 0.15) is 26.7 Å². The summed E-state index contributed by atoms with van der Waals surface area (Å²) in [5.74, 6) is 0.173. The van der Waals surface area contributed by atoms with Gasteiger partial charge in [-0.05, 0) is 19.9 Å². The van der Waals surface area contributed by atoms with Gasteiger partial charge in [-0.15, -0.1) is 0 Å². The average Bonchev–Trinajstić information content (AvgIpc) is 2.26. The molecule has 1 aliphatic heterocycles. The molecule has 0 bridgehead atoms. The number of alkyl halides is 3. The Labute approximate surface area is 112 Å². The van der Waals surface area contributed by atoms with E-state index in [0.29, 0.717) is 0 Å². The van der Waals surface area contributed by atoms with Crippen molar-refractivity contribution < 1.29 is 17.9 Å². The molecule has 19 heavy (non-hydrogen) atoms. The molecule has 1 heterocycles. The number of ether oxygens (including phenoxy) is 1. The van der Waals surface area contributed by atoms with Gasteiger partial charge in [-0.1, -0.05) is 13.8 Å². The topological polar surface area (TPSA) is 38.5 Å². The molecule has 0 aromatic rings. The molecular formula is C13H23F3N2O. The van der Waals surface area contributed by atoms with Gasteiger partial charge in [-0.25, -0.2) is 0 Å². The van der Waals surface area contributed by atoms with Gasteiger partial charge >= 0.3 is 6.18 Å². The fourth-order valence-electron chi connectivity index (χ4n) is 3.80. The van der Waals surface area contributed by atoms with Crippen molar-refractivity contribution in [1.29, 1.82) is 0 Å². The molecule has 0 spiro atoms. The molecule has 2 fully saturated rings. The van der Waals surface area contributed by atoms with Crippen LogP contribution in [-0.2, 0) is 4.74 Å². The van der Waals surface area contributed by atoms with Crippen LogP contribution in [-0.4, -0.2) is 49.5 Å². The normalized spacial score (nSPS) is 37.9. The second-order valence-corrected chi connectivity index (χ2v) is 6.59. The third-order valence-electron chi connectivity index (χ3n) is 4.88. The molecule has 1 saturated carbocycles. The van der Waals surface area contributed by atoms with Crippen LogP contribution in [0, 0.1) is 11.3 Å². The summed E-state index contributed by atoms with van der Waals surface area (Å²) in [5, 5.41) is 0. The largest absolute Gasteiger partial charge is 0.401 e. The van der Waals surface area contributed by atoms with E-state index in [2.05, 4.69) is 0 Å². The lowest BCUT2D eigenvalue weighted by molar-refractivity contribution is -0.235. The van der Waals surface area contributed by atoms with Crippen molar-refractivity contribution >= 4 is 0 Å². The SMILES string of the molecule is CN(CC(F)(F)F)CC1(N)C2CCCOC2C1(C)C. The van der Waals surface area contributed by atoms with Gasteiger partial charge in [0.1, 0.15) is 0 Å². The van der Waals surface area contributed by atoms with Gasteiger partial charge in [0, 0.05) is 30.0 Å². The maximum absolute atomic E-state index is 12.4. The highest BCUT2D eigenvalue weighted by Gasteiger charge is 2.66. The quantitative estimate of drug-likeness (QED) is 0.859. The average molecular weight is 280 g/mol. The Morgan fingerprint density at radius 1 is 1.37 bits per heavy atom. The number of likely N-dealkylation sites (N-methyl/N-ethyl adjacent to an activating group) is 1. The fourth-order valence-corrected chi connectivity index (χ4v) is 3.80. The first-order valence-electron chi connectivity index (χ1n) is 6.74. The van der Waals surface area contributed by atoms with Crippen LogP contribution in [0.25, 0.3) is 0 Å². The van der Waals surface area contributed by atoms with E-state index in [4.69, 9.17) is 10.5 Å². The van der Waals surface area contributed by atoms with Crippen LogP contribution in [0.5, 0.6) is 0 Å². The monoisotopic (exact) mass is 280 g/mol. The van der Waals surface area contributed by atoms with Gasteiger partial charge in [0.2, 0.25) is 0 Å². The molecule has 112 valence electrons. The summed E-state index contributed by atoms with van der Waals surface area (Å²) in [7, 11) is 1.48. The van der Waals surface area contributed by atoms with E-state index in [0.717, 1.165) is 19.4 Å². The molecule has 0 amide bonds. The molecule has 3 nitrogen and oxygen atoms in total. The van der Waals surface area contributed by atoms with Crippen molar-refractivity contribution in [1.82, 2.24) is 4.90 Å². The predicted octanol–water partition coefficient (Wildman–Crippen LogP) is 2.01. The molecule has 3 unspecified atom stereocenters. The number of fused-ring (bicyclic) bond motifs is 1. The summed E-state index contributed by atoms with van der Waals surface area (Å²) in [6, 6.07) is 0. The Kier molecular flexibility index (Phi) is 3.65. The Balaban J connectivity index is 2.05. The van der Waals surface area contributed by atoms with E-state index in [1.165, 1.54) is 11.9 Å². The Morgan fingerprint density at radius 3 is 2.58 bits per heavy atom. The third kappa shape index (κ3) is 2.50. The van der Waals surface area contributed by atoms with Gasteiger partial charge in [-0.2, -0.15) is 13.2 Å². The zero-order valence-corrected chi connectivity index (χ0v) is 11.8. The van der Waals surface area contributed by atoms with Crippen LogP contribution in [0.15, 0.2) is 0 Å². The first kappa shape index (κ1) is 15.1. The Hall–Kier alpha value is -0.330. The first-order chi connectivity index (χ1) is 8.58. The van der Waals surface area contributed by atoms with Gasteiger partial charge in [0.05, 0.1) is 12.6 Å². The summed E-state index contributed by atoms with van der Waals surface area (Å²) in [6.45, 7) is 4.07. The maximum Gasteiger partial charge on any atom is 0.401 e. The van der Waals surface area contributed by atoms with E-state index in [1.807, 2.05) is 13.8 Å². The van der Waals surface area contributed by atoms with Crippen LogP contribution in [0.2, 0.25) is 0 Å². The Bertz CT molecular complexity index is 345.